The van der Waals surface area contributed by atoms with Gasteiger partial charge in [-0.05, 0) is 70.3 Å². The number of rotatable bonds is 4. The van der Waals surface area contributed by atoms with Crippen LogP contribution in [0.25, 0.3) is 0 Å². The molecular formula is C28H35F2N3O2. The van der Waals surface area contributed by atoms with Crippen molar-refractivity contribution in [3.8, 4) is 0 Å². The second-order valence-corrected chi connectivity index (χ2v) is 10.8. The zero-order valence-electron chi connectivity index (χ0n) is 20.7. The van der Waals surface area contributed by atoms with Gasteiger partial charge in [0.2, 0.25) is 11.8 Å². The van der Waals surface area contributed by atoms with Crippen molar-refractivity contribution < 1.29 is 18.4 Å². The number of hydrogen-bond donors (Lipinski definition) is 2. The molecule has 2 atom stereocenters. The Labute approximate surface area is 206 Å². The van der Waals surface area contributed by atoms with Gasteiger partial charge in [0.1, 0.15) is 11.6 Å². The molecule has 2 amide bonds. The van der Waals surface area contributed by atoms with Gasteiger partial charge in [0, 0.05) is 42.6 Å². The molecule has 4 rings (SSSR count). The van der Waals surface area contributed by atoms with Crippen LogP contribution in [0.15, 0.2) is 48.5 Å². The Kier molecular flexibility index (Phi) is 7.27. The molecule has 2 saturated heterocycles. The summed E-state index contributed by atoms with van der Waals surface area (Å²) in [6.45, 7) is 7.88. The molecule has 0 aromatic heterocycles. The Morgan fingerprint density at radius 2 is 1.69 bits per heavy atom. The van der Waals surface area contributed by atoms with E-state index in [1.807, 2.05) is 25.7 Å². The first-order valence-electron chi connectivity index (χ1n) is 12.4. The van der Waals surface area contributed by atoms with Gasteiger partial charge in [-0.2, -0.15) is 0 Å². The maximum Gasteiger partial charge on any atom is 0.231 e. The van der Waals surface area contributed by atoms with Gasteiger partial charge in [0.15, 0.2) is 0 Å². The van der Waals surface area contributed by atoms with E-state index in [2.05, 4.69) is 10.6 Å². The largest absolute Gasteiger partial charge is 0.351 e. The maximum absolute atomic E-state index is 14.9. The van der Waals surface area contributed by atoms with Crippen molar-refractivity contribution in [3.63, 3.8) is 0 Å². The molecule has 188 valence electrons. The fourth-order valence-electron chi connectivity index (χ4n) is 5.49. The quantitative estimate of drug-likeness (QED) is 0.688. The molecule has 0 radical (unpaired) electrons. The monoisotopic (exact) mass is 483 g/mol. The number of carbonyl (C=O) groups excluding carboxylic acids is 2. The second kappa shape index (κ2) is 10.1. The number of piperidine rings is 2. The van der Waals surface area contributed by atoms with E-state index in [1.165, 1.54) is 18.2 Å². The number of nitrogens with one attached hydrogen (secondary N) is 2. The van der Waals surface area contributed by atoms with Crippen molar-refractivity contribution in [3.05, 3.63) is 71.3 Å². The Hall–Kier alpha value is -2.80. The lowest BCUT2D eigenvalue weighted by Crippen LogP contribution is -2.57. The Bertz CT molecular complexity index is 1060. The highest BCUT2D eigenvalue weighted by molar-refractivity contribution is 5.89. The molecule has 2 aliphatic heterocycles. The van der Waals surface area contributed by atoms with Crippen molar-refractivity contribution in [1.82, 2.24) is 15.5 Å². The molecule has 0 saturated carbocycles. The molecule has 2 aromatic rings. The molecule has 2 aliphatic rings. The standard InChI is InChI=1S/C28H35F2N3O2/c1-27(2,3)32-26(35)28(23-6-4-5-7-24(23)30)13-16-33(17-14-28)25(34)21-12-15-31-18-22(21)19-8-10-20(29)11-9-19/h4-11,21-22,31H,12-18H2,1-3H3,(H,32,35)/t21-,22+/m1/s1. The van der Waals surface area contributed by atoms with Crippen LogP contribution in [0.1, 0.15) is 57.1 Å². The van der Waals surface area contributed by atoms with E-state index in [9.17, 15) is 18.4 Å². The van der Waals surface area contributed by atoms with E-state index in [1.54, 1.807) is 30.3 Å². The summed E-state index contributed by atoms with van der Waals surface area (Å²) < 4.78 is 28.4. The molecule has 0 spiro atoms. The summed E-state index contributed by atoms with van der Waals surface area (Å²) in [4.78, 5) is 29.0. The van der Waals surface area contributed by atoms with Crippen LogP contribution >= 0.6 is 0 Å². The van der Waals surface area contributed by atoms with Crippen LogP contribution in [-0.4, -0.2) is 48.4 Å². The predicted molar refractivity (Wildman–Crippen MR) is 132 cm³/mol. The highest BCUT2D eigenvalue weighted by atomic mass is 19.1. The lowest BCUT2D eigenvalue weighted by atomic mass is 9.71. The zero-order chi connectivity index (χ0) is 25.2. The molecule has 2 fully saturated rings. The molecule has 0 unspecified atom stereocenters. The average molecular weight is 484 g/mol. The number of hydrogen-bond acceptors (Lipinski definition) is 3. The minimum atomic E-state index is -1.03. The van der Waals surface area contributed by atoms with Gasteiger partial charge in [-0.3, -0.25) is 9.59 Å². The number of likely N-dealkylation sites (tertiary alicyclic amines) is 1. The molecule has 0 aliphatic carbocycles. The van der Waals surface area contributed by atoms with E-state index < -0.39 is 16.8 Å². The molecule has 2 N–H and O–H groups in total. The summed E-state index contributed by atoms with van der Waals surface area (Å²) >= 11 is 0. The predicted octanol–water partition coefficient (Wildman–Crippen LogP) is 4.13. The van der Waals surface area contributed by atoms with Crippen LogP contribution < -0.4 is 10.6 Å². The molecule has 2 heterocycles. The lowest BCUT2D eigenvalue weighted by molar-refractivity contribution is -0.141. The van der Waals surface area contributed by atoms with Crippen molar-refractivity contribution in [2.75, 3.05) is 26.2 Å². The fraction of sp³-hybridized carbons (Fsp3) is 0.500. The highest BCUT2D eigenvalue weighted by Gasteiger charge is 2.47. The van der Waals surface area contributed by atoms with Crippen LogP contribution in [-0.2, 0) is 15.0 Å². The minimum Gasteiger partial charge on any atom is -0.351 e. The van der Waals surface area contributed by atoms with Gasteiger partial charge < -0.3 is 15.5 Å². The fourth-order valence-corrected chi connectivity index (χ4v) is 5.49. The number of carbonyl (C=O) groups is 2. The Morgan fingerprint density at radius 3 is 2.31 bits per heavy atom. The van der Waals surface area contributed by atoms with E-state index in [0.717, 1.165) is 12.1 Å². The van der Waals surface area contributed by atoms with Crippen molar-refractivity contribution in [2.45, 2.75) is 56.9 Å². The smallest absolute Gasteiger partial charge is 0.231 e. The topological polar surface area (TPSA) is 61.4 Å². The highest BCUT2D eigenvalue weighted by Crippen LogP contribution is 2.39. The third-order valence-corrected chi connectivity index (χ3v) is 7.34. The SMILES string of the molecule is CC(C)(C)NC(=O)C1(c2ccccc2F)CCN(C(=O)[C@@H]2CCNC[C@H]2c2ccc(F)cc2)CC1. The van der Waals surface area contributed by atoms with E-state index in [0.29, 0.717) is 44.5 Å². The normalized spacial score (nSPS) is 22.5. The van der Waals surface area contributed by atoms with E-state index in [4.69, 9.17) is 0 Å². The number of halogens is 2. The van der Waals surface area contributed by atoms with Gasteiger partial charge >= 0.3 is 0 Å². The van der Waals surface area contributed by atoms with Crippen molar-refractivity contribution in [1.29, 1.82) is 0 Å². The first-order chi connectivity index (χ1) is 16.6. The summed E-state index contributed by atoms with van der Waals surface area (Å²) in [5.41, 5.74) is -0.154. The third kappa shape index (κ3) is 5.40. The minimum absolute atomic E-state index is 0.0423. The molecule has 0 bridgehead atoms. The van der Waals surface area contributed by atoms with Gasteiger partial charge in [0.25, 0.3) is 0 Å². The summed E-state index contributed by atoms with van der Waals surface area (Å²) in [6.07, 6.45) is 1.40. The van der Waals surface area contributed by atoms with Gasteiger partial charge in [0.05, 0.1) is 5.41 Å². The second-order valence-electron chi connectivity index (χ2n) is 10.8. The Balaban J connectivity index is 1.55. The first-order valence-corrected chi connectivity index (χ1v) is 12.4. The lowest BCUT2D eigenvalue weighted by Gasteiger charge is -2.44. The third-order valence-electron chi connectivity index (χ3n) is 7.34. The number of benzene rings is 2. The number of amides is 2. The van der Waals surface area contributed by atoms with Gasteiger partial charge in [-0.25, -0.2) is 8.78 Å². The van der Waals surface area contributed by atoms with Crippen molar-refractivity contribution in [2.24, 2.45) is 5.92 Å². The van der Waals surface area contributed by atoms with Crippen LogP contribution in [0.2, 0.25) is 0 Å². The molecule has 35 heavy (non-hydrogen) atoms. The molecule has 7 heteroatoms. The maximum atomic E-state index is 14.9. The van der Waals surface area contributed by atoms with Crippen LogP contribution in [0.3, 0.4) is 0 Å². The average Bonchev–Trinajstić information content (AvgIpc) is 2.83. The van der Waals surface area contributed by atoms with Crippen LogP contribution in [0.4, 0.5) is 8.78 Å². The van der Waals surface area contributed by atoms with Gasteiger partial charge in [-0.1, -0.05) is 30.3 Å². The van der Waals surface area contributed by atoms with Crippen LogP contribution in [0, 0.1) is 17.6 Å². The summed E-state index contributed by atoms with van der Waals surface area (Å²) in [6, 6.07) is 12.8. The van der Waals surface area contributed by atoms with Crippen molar-refractivity contribution >= 4 is 11.8 Å². The van der Waals surface area contributed by atoms with Gasteiger partial charge in [-0.15, -0.1) is 0 Å². The molecule has 5 nitrogen and oxygen atoms in total. The summed E-state index contributed by atoms with van der Waals surface area (Å²) in [5, 5.41) is 6.40. The first kappa shape index (κ1) is 25.3. The van der Waals surface area contributed by atoms with E-state index >= 15 is 0 Å². The summed E-state index contributed by atoms with van der Waals surface area (Å²) in [7, 11) is 0. The molecular weight excluding hydrogens is 448 g/mol. The van der Waals surface area contributed by atoms with Crippen LogP contribution in [0.5, 0.6) is 0 Å². The molecule has 2 aromatic carbocycles. The van der Waals surface area contributed by atoms with E-state index in [-0.39, 0.29) is 29.5 Å². The summed E-state index contributed by atoms with van der Waals surface area (Å²) in [5.74, 6) is -1.10. The Morgan fingerprint density at radius 1 is 1.03 bits per heavy atom. The number of nitrogens with zero attached hydrogens (tertiary/aromatic N) is 1. The zero-order valence-corrected chi connectivity index (χ0v) is 20.7.